The predicted octanol–water partition coefficient (Wildman–Crippen LogP) is 0.0652. The Kier molecular flexibility index (Phi) is 3.96. The minimum absolute atomic E-state index is 0.171. The number of morpholine rings is 1. The fourth-order valence-electron chi connectivity index (χ4n) is 2.82. The average molecular weight is 263 g/mol. The van der Waals surface area contributed by atoms with Crippen molar-refractivity contribution in [3.05, 3.63) is 33.7 Å². The minimum Gasteiger partial charge on any atom is -0.379 e. The Bertz CT molecular complexity index is 480. The predicted molar refractivity (Wildman–Crippen MR) is 73.3 cm³/mol. The van der Waals surface area contributed by atoms with Crippen molar-refractivity contribution >= 4 is 0 Å². The van der Waals surface area contributed by atoms with Gasteiger partial charge in [-0.1, -0.05) is 0 Å². The maximum absolute atomic E-state index is 11.8. The molecule has 0 aromatic carbocycles. The van der Waals surface area contributed by atoms with Crippen LogP contribution in [0.3, 0.4) is 0 Å². The molecule has 0 unspecified atom stereocenters. The number of pyridine rings is 1. The molecule has 1 fully saturated rings. The van der Waals surface area contributed by atoms with Crippen molar-refractivity contribution in [1.82, 2.24) is 14.8 Å². The number of ether oxygens (including phenoxy) is 1. The summed E-state index contributed by atoms with van der Waals surface area (Å²) in [5.41, 5.74) is 2.25. The van der Waals surface area contributed by atoms with Gasteiger partial charge in [-0.15, -0.1) is 0 Å². The molecule has 0 atom stereocenters. The first-order chi connectivity index (χ1) is 9.33. The monoisotopic (exact) mass is 263 g/mol. The smallest absolute Gasteiger partial charge is 0.186 e. The molecule has 0 spiro atoms. The third-order valence-electron chi connectivity index (χ3n) is 4.05. The summed E-state index contributed by atoms with van der Waals surface area (Å²) >= 11 is 0. The maximum atomic E-state index is 11.8. The van der Waals surface area contributed by atoms with Gasteiger partial charge >= 0.3 is 0 Å². The van der Waals surface area contributed by atoms with E-state index >= 15 is 0 Å². The second-order valence-corrected chi connectivity index (χ2v) is 5.28. The molecule has 19 heavy (non-hydrogen) atoms. The number of hydrogen-bond acceptors (Lipinski definition) is 4. The average Bonchev–Trinajstić information content (AvgIpc) is 2.47. The van der Waals surface area contributed by atoms with Gasteiger partial charge in [-0.05, 0) is 0 Å². The van der Waals surface area contributed by atoms with Gasteiger partial charge < -0.3 is 9.72 Å². The number of hydrogen-bond donors (Lipinski definition) is 1. The van der Waals surface area contributed by atoms with E-state index in [9.17, 15) is 4.79 Å². The standard InChI is InChI=1S/C14H21N3O2/c18-14-1-3-15-13-2-4-17(11-12(13)14)6-5-16-7-9-19-10-8-16/h1,3H,2,4-11H2,(H,15,18). The molecule has 0 aliphatic carbocycles. The highest BCUT2D eigenvalue weighted by atomic mass is 16.5. The van der Waals surface area contributed by atoms with E-state index in [-0.39, 0.29) is 5.43 Å². The SMILES string of the molecule is O=c1cc[nH]c2c1CN(CCN1CCOCC1)CC2. The molecular formula is C14H21N3O2. The summed E-state index contributed by atoms with van der Waals surface area (Å²) in [5, 5.41) is 0. The van der Waals surface area contributed by atoms with Gasteiger partial charge in [0.2, 0.25) is 0 Å². The third kappa shape index (κ3) is 3.05. The number of aromatic amines is 1. The van der Waals surface area contributed by atoms with Crippen LogP contribution in [0, 0.1) is 0 Å². The van der Waals surface area contributed by atoms with Gasteiger partial charge in [-0.25, -0.2) is 0 Å². The van der Waals surface area contributed by atoms with Crippen molar-refractivity contribution in [1.29, 1.82) is 0 Å². The van der Waals surface area contributed by atoms with Crippen LogP contribution >= 0.6 is 0 Å². The highest BCUT2D eigenvalue weighted by Gasteiger charge is 2.19. The summed E-state index contributed by atoms with van der Waals surface area (Å²) in [7, 11) is 0. The van der Waals surface area contributed by atoms with Crippen LogP contribution in [0.1, 0.15) is 11.3 Å². The van der Waals surface area contributed by atoms with Crippen LogP contribution < -0.4 is 5.43 Å². The lowest BCUT2D eigenvalue weighted by Gasteiger charge is -2.32. The normalized spacial score (nSPS) is 21.3. The first kappa shape index (κ1) is 12.8. The zero-order valence-electron chi connectivity index (χ0n) is 11.2. The van der Waals surface area contributed by atoms with Crippen molar-refractivity contribution in [2.75, 3.05) is 45.9 Å². The molecular weight excluding hydrogens is 242 g/mol. The topological polar surface area (TPSA) is 48.6 Å². The van der Waals surface area contributed by atoms with E-state index in [2.05, 4.69) is 14.8 Å². The number of nitrogens with one attached hydrogen (secondary N) is 1. The molecule has 104 valence electrons. The zero-order valence-corrected chi connectivity index (χ0v) is 11.2. The van der Waals surface area contributed by atoms with E-state index in [1.54, 1.807) is 12.3 Å². The molecule has 3 heterocycles. The van der Waals surface area contributed by atoms with Crippen LogP contribution in [0.25, 0.3) is 0 Å². The van der Waals surface area contributed by atoms with Crippen molar-refractivity contribution in [3.8, 4) is 0 Å². The number of H-pyrrole nitrogens is 1. The Labute approximate surface area is 113 Å². The van der Waals surface area contributed by atoms with E-state index in [4.69, 9.17) is 4.74 Å². The molecule has 2 aliphatic rings. The largest absolute Gasteiger partial charge is 0.379 e. The second kappa shape index (κ2) is 5.86. The van der Waals surface area contributed by atoms with Gasteiger partial charge in [0.25, 0.3) is 0 Å². The maximum Gasteiger partial charge on any atom is 0.186 e. The molecule has 0 saturated carbocycles. The van der Waals surface area contributed by atoms with Crippen molar-refractivity contribution in [2.24, 2.45) is 0 Å². The lowest BCUT2D eigenvalue weighted by atomic mass is 10.1. The lowest BCUT2D eigenvalue weighted by molar-refractivity contribution is 0.0326. The van der Waals surface area contributed by atoms with Crippen molar-refractivity contribution < 1.29 is 4.74 Å². The summed E-state index contributed by atoms with van der Waals surface area (Å²) < 4.78 is 5.35. The fraction of sp³-hybridized carbons (Fsp3) is 0.643. The summed E-state index contributed by atoms with van der Waals surface area (Å²) in [5.74, 6) is 0. The third-order valence-corrected chi connectivity index (χ3v) is 4.05. The van der Waals surface area contributed by atoms with E-state index < -0.39 is 0 Å². The zero-order chi connectivity index (χ0) is 13.1. The molecule has 5 heteroatoms. The molecule has 1 aromatic heterocycles. The van der Waals surface area contributed by atoms with Gasteiger partial charge in [-0.3, -0.25) is 14.6 Å². The Morgan fingerprint density at radius 3 is 2.79 bits per heavy atom. The fourth-order valence-corrected chi connectivity index (χ4v) is 2.82. The second-order valence-electron chi connectivity index (χ2n) is 5.28. The van der Waals surface area contributed by atoms with Crippen LogP contribution in [0.4, 0.5) is 0 Å². The molecule has 0 amide bonds. The summed E-state index contributed by atoms with van der Waals surface area (Å²) in [4.78, 5) is 19.9. The first-order valence-corrected chi connectivity index (χ1v) is 7.05. The molecule has 0 bridgehead atoms. The number of fused-ring (bicyclic) bond motifs is 1. The number of nitrogens with zero attached hydrogens (tertiary/aromatic N) is 2. The molecule has 1 N–H and O–H groups in total. The Morgan fingerprint density at radius 2 is 1.95 bits per heavy atom. The highest BCUT2D eigenvalue weighted by Crippen LogP contribution is 2.13. The quantitative estimate of drug-likeness (QED) is 0.838. The van der Waals surface area contributed by atoms with Gasteiger partial charge in [0, 0.05) is 69.2 Å². The van der Waals surface area contributed by atoms with Crippen LogP contribution in [-0.4, -0.2) is 60.7 Å². The van der Waals surface area contributed by atoms with Crippen molar-refractivity contribution in [2.45, 2.75) is 13.0 Å². The minimum atomic E-state index is 0.171. The Hall–Kier alpha value is -1.17. The van der Waals surface area contributed by atoms with E-state index in [1.165, 1.54) is 0 Å². The number of aromatic nitrogens is 1. The molecule has 2 aliphatic heterocycles. The van der Waals surface area contributed by atoms with Gasteiger partial charge in [-0.2, -0.15) is 0 Å². The number of rotatable bonds is 3. The molecule has 3 rings (SSSR count). The summed E-state index contributed by atoms with van der Waals surface area (Å²) in [6, 6.07) is 1.63. The van der Waals surface area contributed by atoms with Crippen LogP contribution in [0.2, 0.25) is 0 Å². The summed E-state index contributed by atoms with van der Waals surface area (Å²) in [6.45, 7) is 7.70. The molecule has 1 saturated heterocycles. The molecule has 0 radical (unpaired) electrons. The first-order valence-electron chi connectivity index (χ1n) is 7.05. The van der Waals surface area contributed by atoms with Gasteiger partial charge in [0.1, 0.15) is 0 Å². The van der Waals surface area contributed by atoms with Crippen LogP contribution in [0.5, 0.6) is 0 Å². The van der Waals surface area contributed by atoms with Gasteiger partial charge in [0.15, 0.2) is 5.43 Å². The van der Waals surface area contributed by atoms with E-state index in [0.717, 1.165) is 70.2 Å². The van der Waals surface area contributed by atoms with Crippen LogP contribution in [-0.2, 0) is 17.7 Å². The molecule has 5 nitrogen and oxygen atoms in total. The molecule has 1 aromatic rings. The van der Waals surface area contributed by atoms with Crippen LogP contribution in [0.15, 0.2) is 17.1 Å². The van der Waals surface area contributed by atoms with Crippen molar-refractivity contribution in [3.63, 3.8) is 0 Å². The lowest BCUT2D eigenvalue weighted by Crippen LogP contribution is -2.43. The van der Waals surface area contributed by atoms with E-state index in [1.807, 2.05) is 0 Å². The summed E-state index contributed by atoms with van der Waals surface area (Å²) in [6.07, 6.45) is 2.71. The highest BCUT2D eigenvalue weighted by molar-refractivity contribution is 5.22. The van der Waals surface area contributed by atoms with Gasteiger partial charge in [0.05, 0.1) is 13.2 Å². The Morgan fingerprint density at radius 1 is 1.16 bits per heavy atom. The Balaban J connectivity index is 1.56. The van der Waals surface area contributed by atoms with E-state index in [0.29, 0.717) is 0 Å².